The summed E-state index contributed by atoms with van der Waals surface area (Å²) in [6.07, 6.45) is 1.99. The van der Waals surface area contributed by atoms with E-state index in [2.05, 4.69) is 4.72 Å². The summed E-state index contributed by atoms with van der Waals surface area (Å²) in [5.41, 5.74) is 5.97. The van der Waals surface area contributed by atoms with Crippen molar-refractivity contribution in [1.82, 2.24) is 4.72 Å². The molecule has 1 aliphatic rings. The molecule has 0 amide bonds. The van der Waals surface area contributed by atoms with E-state index in [1.807, 2.05) is 0 Å². The van der Waals surface area contributed by atoms with Gasteiger partial charge >= 0.3 is 0 Å². The van der Waals surface area contributed by atoms with Crippen LogP contribution in [-0.4, -0.2) is 21.0 Å². The minimum Gasteiger partial charge on any atom is -0.329 e. The lowest BCUT2D eigenvalue weighted by molar-refractivity contribution is 0.518. The molecule has 2 rings (SSSR count). The molecule has 0 saturated heterocycles. The molecule has 0 bridgehead atoms. The number of rotatable bonds is 5. The summed E-state index contributed by atoms with van der Waals surface area (Å²) in [5.74, 6) is -0.200. The molecule has 1 fully saturated rings. The first-order valence-corrected chi connectivity index (χ1v) is 7.41. The molecule has 0 aliphatic heterocycles. The molecule has 1 aromatic rings. The van der Waals surface area contributed by atoms with Crippen LogP contribution in [-0.2, 0) is 10.0 Å². The molecule has 1 aromatic carbocycles. The lowest BCUT2D eigenvalue weighted by Gasteiger charge is -2.16. The van der Waals surface area contributed by atoms with Gasteiger partial charge in [-0.25, -0.2) is 17.5 Å². The van der Waals surface area contributed by atoms with Gasteiger partial charge in [-0.3, -0.25) is 0 Å². The van der Waals surface area contributed by atoms with Gasteiger partial charge < -0.3 is 5.73 Å². The Hall–Kier alpha value is -0.690. The fourth-order valence-corrected chi connectivity index (χ4v) is 3.17. The second-order valence-corrected chi connectivity index (χ2v) is 6.43. The summed E-state index contributed by atoms with van der Waals surface area (Å²) in [6, 6.07) is 3.65. The number of sulfonamides is 1. The Morgan fingerprint density at radius 1 is 1.47 bits per heavy atom. The van der Waals surface area contributed by atoms with E-state index in [0.29, 0.717) is 11.5 Å². The molecule has 0 spiro atoms. The normalized spacial score (nSPS) is 16.8. The van der Waals surface area contributed by atoms with Gasteiger partial charge in [-0.2, -0.15) is 0 Å². The monoisotopic (exact) mass is 308 g/mol. The van der Waals surface area contributed by atoms with Crippen molar-refractivity contribution in [3.63, 3.8) is 0 Å². The second kappa shape index (κ2) is 6.17. The molecule has 0 radical (unpaired) electrons. The van der Waals surface area contributed by atoms with Crippen molar-refractivity contribution in [3.05, 3.63) is 29.6 Å². The molecule has 0 heterocycles. The first-order chi connectivity index (χ1) is 8.44. The molecule has 4 nitrogen and oxygen atoms in total. The van der Waals surface area contributed by atoms with Crippen LogP contribution in [0.1, 0.15) is 18.4 Å². The maximum Gasteiger partial charge on any atom is 0.240 e. The van der Waals surface area contributed by atoms with Gasteiger partial charge in [0.05, 0.1) is 4.90 Å². The van der Waals surface area contributed by atoms with Gasteiger partial charge in [-0.1, -0.05) is 6.07 Å². The van der Waals surface area contributed by atoms with E-state index in [0.717, 1.165) is 18.9 Å². The first-order valence-electron chi connectivity index (χ1n) is 5.92. The Bertz CT molecular complexity index is 547. The van der Waals surface area contributed by atoms with Gasteiger partial charge in [0.15, 0.2) is 0 Å². The van der Waals surface area contributed by atoms with Gasteiger partial charge in [0.1, 0.15) is 5.82 Å². The van der Waals surface area contributed by atoms with Crippen molar-refractivity contribution in [1.29, 1.82) is 0 Å². The number of halogens is 2. The molecule has 3 N–H and O–H groups in total. The third kappa shape index (κ3) is 3.89. The fraction of sp³-hybridized carbons (Fsp3) is 0.500. The molecule has 1 saturated carbocycles. The summed E-state index contributed by atoms with van der Waals surface area (Å²) in [7, 11) is -3.69. The van der Waals surface area contributed by atoms with Crippen LogP contribution in [0.2, 0.25) is 0 Å². The summed E-state index contributed by atoms with van der Waals surface area (Å²) < 4.78 is 40.1. The number of nitrogens with two attached hydrogens (primary N) is 1. The number of nitrogens with one attached hydrogen (secondary N) is 1. The van der Waals surface area contributed by atoms with Crippen LogP contribution in [0.25, 0.3) is 0 Å². The highest BCUT2D eigenvalue weighted by atomic mass is 35.5. The van der Waals surface area contributed by atoms with E-state index in [1.165, 1.54) is 12.1 Å². The van der Waals surface area contributed by atoms with Gasteiger partial charge in [0, 0.05) is 12.6 Å². The maximum absolute atomic E-state index is 13.4. The highest BCUT2D eigenvalue weighted by molar-refractivity contribution is 7.89. The van der Waals surface area contributed by atoms with E-state index >= 15 is 0 Å². The highest BCUT2D eigenvalue weighted by Crippen LogP contribution is 2.32. The zero-order valence-electron chi connectivity index (χ0n) is 10.6. The molecule has 19 heavy (non-hydrogen) atoms. The van der Waals surface area contributed by atoms with Crippen molar-refractivity contribution in [2.24, 2.45) is 11.7 Å². The van der Waals surface area contributed by atoms with Crippen LogP contribution in [0.15, 0.2) is 23.1 Å². The largest absolute Gasteiger partial charge is 0.329 e. The predicted molar refractivity (Wildman–Crippen MR) is 74.3 cm³/mol. The number of hydrogen-bond donors (Lipinski definition) is 2. The van der Waals surface area contributed by atoms with Crippen molar-refractivity contribution in [2.45, 2.75) is 30.7 Å². The van der Waals surface area contributed by atoms with E-state index in [1.54, 1.807) is 6.92 Å². The molecule has 7 heteroatoms. The smallest absolute Gasteiger partial charge is 0.240 e. The van der Waals surface area contributed by atoms with Crippen LogP contribution in [0.5, 0.6) is 0 Å². The van der Waals surface area contributed by atoms with Crippen LogP contribution in [0.4, 0.5) is 4.39 Å². The number of benzene rings is 1. The minimum atomic E-state index is -3.69. The average Bonchev–Trinajstić information content (AvgIpc) is 3.13. The van der Waals surface area contributed by atoms with Crippen LogP contribution >= 0.6 is 12.4 Å². The van der Waals surface area contributed by atoms with E-state index < -0.39 is 15.8 Å². The van der Waals surface area contributed by atoms with Crippen LogP contribution in [0, 0.1) is 18.7 Å². The molecule has 1 aliphatic carbocycles. The Morgan fingerprint density at radius 3 is 2.58 bits per heavy atom. The summed E-state index contributed by atoms with van der Waals surface area (Å²) in [5, 5.41) is 0. The van der Waals surface area contributed by atoms with Gasteiger partial charge in [0.2, 0.25) is 10.0 Å². The number of hydrogen-bond acceptors (Lipinski definition) is 3. The topological polar surface area (TPSA) is 72.2 Å². The number of aryl methyl sites for hydroxylation is 1. The highest BCUT2D eigenvalue weighted by Gasteiger charge is 2.33. The lowest BCUT2D eigenvalue weighted by Crippen LogP contribution is -2.41. The molecule has 0 aromatic heterocycles. The minimum absolute atomic E-state index is 0. The molecular weight excluding hydrogens is 291 g/mol. The van der Waals surface area contributed by atoms with E-state index in [4.69, 9.17) is 5.73 Å². The maximum atomic E-state index is 13.4. The standard InChI is InChI=1S/C12H17FN2O2S.ClH/c1-8-2-5-10(6-11(8)13)18(16,17)15-12(7-14)9-3-4-9;/h2,5-6,9,12,15H,3-4,7,14H2,1H3;1H. The Balaban J connectivity index is 0.00000180. The van der Waals surface area contributed by atoms with Crippen LogP contribution in [0.3, 0.4) is 0 Å². The Morgan fingerprint density at radius 2 is 2.11 bits per heavy atom. The van der Waals surface area contributed by atoms with Crippen LogP contribution < -0.4 is 10.5 Å². The zero-order valence-corrected chi connectivity index (χ0v) is 12.2. The van der Waals surface area contributed by atoms with Gasteiger partial charge in [0.25, 0.3) is 0 Å². The average molecular weight is 309 g/mol. The Kier molecular flexibility index (Phi) is 5.32. The van der Waals surface area contributed by atoms with Gasteiger partial charge in [-0.15, -0.1) is 12.4 Å². The van der Waals surface area contributed by atoms with E-state index in [-0.39, 0.29) is 29.9 Å². The van der Waals surface area contributed by atoms with Crippen molar-refractivity contribution >= 4 is 22.4 Å². The molecule has 108 valence electrons. The fourth-order valence-electron chi connectivity index (χ4n) is 1.84. The summed E-state index contributed by atoms with van der Waals surface area (Å²) >= 11 is 0. The van der Waals surface area contributed by atoms with Crippen molar-refractivity contribution in [3.8, 4) is 0 Å². The first kappa shape index (κ1) is 16.4. The lowest BCUT2D eigenvalue weighted by atomic mass is 10.2. The predicted octanol–water partition coefficient (Wildman–Crippen LogP) is 1.57. The Labute approximate surface area is 119 Å². The SMILES string of the molecule is Cc1ccc(S(=O)(=O)NC(CN)C2CC2)cc1F.Cl. The molecule has 1 atom stereocenters. The zero-order chi connectivity index (χ0) is 13.3. The van der Waals surface area contributed by atoms with Crippen molar-refractivity contribution in [2.75, 3.05) is 6.54 Å². The van der Waals surface area contributed by atoms with Crippen molar-refractivity contribution < 1.29 is 12.8 Å². The molecule has 1 unspecified atom stereocenters. The third-order valence-corrected chi connectivity index (χ3v) is 4.69. The molecular formula is C12H18ClFN2O2S. The summed E-state index contributed by atoms with van der Waals surface area (Å²) in [6.45, 7) is 1.85. The second-order valence-electron chi connectivity index (χ2n) is 4.71. The quantitative estimate of drug-likeness (QED) is 0.867. The summed E-state index contributed by atoms with van der Waals surface area (Å²) in [4.78, 5) is -0.0512. The third-order valence-electron chi connectivity index (χ3n) is 3.21. The van der Waals surface area contributed by atoms with E-state index in [9.17, 15) is 12.8 Å². The van der Waals surface area contributed by atoms with Gasteiger partial charge in [-0.05, 0) is 43.4 Å².